The van der Waals surface area contributed by atoms with Gasteiger partial charge in [0.2, 0.25) is 5.89 Å². The van der Waals surface area contributed by atoms with Crippen molar-refractivity contribution >= 4 is 17.7 Å². The van der Waals surface area contributed by atoms with E-state index in [1.165, 1.54) is 23.6 Å². The van der Waals surface area contributed by atoms with Crippen LogP contribution in [-0.4, -0.2) is 43.6 Å². The highest BCUT2D eigenvalue weighted by Gasteiger charge is 2.19. The van der Waals surface area contributed by atoms with Crippen LogP contribution in [0.3, 0.4) is 0 Å². The van der Waals surface area contributed by atoms with Crippen LogP contribution < -0.4 is 0 Å². The number of oxazole rings is 1. The summed E-state index contributed by atoms with van der Waals surface area (Å²) in [5.41, 5.74) is 2.50. The third kappa shape index (κ3) is 4.91. The number of para-hydroxylation sites is 1. The number of aromatic nitrogens is 4. The lowest BCUT2D eigenvalue weighted by molar-refractivity contribution is 0.0767. The predicted molar refractivity (Wildman–Crippen MR) is 124 cm³/mol. The molecule has 1 amide bonds. The van der Waals surface area contributed by atoms with Gasteiger partial charge in [-0.1, -0.05) is 60.3 Å². The third-order valence-corrected chi connectivity index (χ3v) is 5.98. The first-order valence-electron chi connectivity index (χ1n) is 10.6. The molecule has 0 radical (unpaired) electrons. The highest BCUT2D eigenvalue weighted by Crippen LogP contribution is 2.26. The predicted octanol–water partition coefficient (Wildman–Crippen LogP) is 4.62. The van der Waals surface area contributed by atoms with E-state index in [2.05, 4.69) is 31.9 Å². The highest BCUT2D eigenvalue weighted by molar-refractivity contribution is 7.98. The quantitative estimate of drug-likeness (QED) is 0.349. The van der Waals surface area contributed by atoms with Crippen molar-refractivity contribution in [1.82, 2.24) is 24.6 Å². The molecule has 0 N–H and O–H groups in total. The number of hydrogen-bond donors (Lipinski definition) is 0. The molecule has 0 bridgehead atoms. The van der Waals surface area contributed by atoms with E-state index >= 15 is 0 Å². The Morgan fingerprint density at radius 2 is 1.69 bits per heavy atom. The van der Waals surface area contributed by atoms with E-state index in [4.69, 9.17) is 4.42 Å². The van der Waals surface area contributed by atoms with Crippen molar-refractivity contribution in [2.24, 2.45) is 0 Å². The molecule has 0 unspecified atom stereocenters. The Kier molecular flexibility index (Phi) is 7.01. The minimum Gasteiger partial charge on any atom is -0.447 e. The molecule has 4 rings (SSSR count). The SMILES string of the molecule is CCN(CC)C(=O)c1coc(CSc2nnc(Cc3ccccc3)n2-c2ccccc2)n1. The molecular weight excluding hydrogens is 422 g/mol. The van der Waals surface area contributed by atoms with Crippen LogP contribution in [-0.2, 0) is 12.2 Å². The number of carbonyl (C=O) groups is 1. The standard InChI is InChI=1S/C24H25N5O2S/c1-3-28(4-2)23(30)20-16-31-22(25-20)17-32-24-27-26-21(15-18-11-7-5-8-12-18)29(24)19-13-9-6-10-14-19/h5-14,16H,3-4,15,17H2,1-2H3. The van der Waals surface area contributed by atoms with Crippen molar-refractivity contribution in [3.8, 4) is 5.69 Å². The van der Waals surface area contributed by atoms with E-state index in [0.717, 1.165) is 16.7 Å². The molecule has 0 aliphatic rings. The first kappa shape index (κ1) is 21.8. The average Bonchev–Trinajstić information content (AvgIpc) is 3.47. The molecule has 0 aliphatic carbocycles. The summed E-state index contributed by atoms with van der Waals surface area (Å²) in [6, 6.07) is 20.3. The Bertz CT molecular complexity index is 1150. The Morgan fingerprint density at radius 3 is 2.38 bits per heavy atom. The molecule has 4 aromatic rings. The van der Waals surface area contributed by atoms with Gasteiger partial charge in [0.15, 0.2) is 10.9 Å². The normalized spacial score (nSPS) is 10.9. The number of thioether (sulfide) groups is 1. The molecule has 0 aliphatic heterocycles. The third-order valence-electron chi connectivity index (χ3n) is 5.07. The maximum absolute atomic E-state index is 12.5. The molecule has 2 heterocycles. The van der Waals surface area contributed by atoms with Crippen molar-refractivity contribution in [3.63, 3.8) is 0 Å². The van der Waals surface area contributed by atoms with Crippen LogP contribution >= 0.6 is 11.8 Å². The zero-order chi connectivity index (χ0) is 22.3. The average molecular weight is 448 g/mol. The first-order chi connectivity index (χ1) is 15.7. The lowest BCUT2D eigenvalue weighted by Crippen LogP contribution is -2.30. The van der Waals surface area contributed by atoms with Crippen LogP contribution in [0.5, 0.6) is 0 Å². The number of benzene rings is 2. The zero-order valence-electron chi connectivity index (χ0n) is 18.1. The fraction of sp³-hybridized carbons (Fsp3) is 0.250. The summed E-state index contributed by atoms with van der Waals surface area (Å²) in [5.74, 6) is 1.67. The topological polar surface area (TPSA) is 77.0 Å². The van der Waals surface area contributed by atoms with Gasteiger partial charge < -0.3 is 9.32 Å². The summed E-state index contributed by atoms with van der Waals surface area (Å²) in [5, 5.41) is 9.64. The summed E-state index contributed by atoms with van der Waals surface area (Å²) in [6.45, 7) is 5.16. The molecule has 7 nitrogen and oxygen atoms in total. The highest BCUT2D eigenvalue weighted by atomic mass is 32.2. The van der Waals surface area contributed by atoms with E-state index < -0.39 is 0 Å². The summed E-state index contributed by atoms with van der Waals surface area (Å²) in [6.07, 6.45) is 2.10. The van der Waals surface area contributed by atoms with Crippen molar-refractivity contribution in [2.45, 2.75) is 31.2 Å². The fourth-order valence-corrected chi connectivity index (χ4v) is 4.22. The molecule has 0 atom stereocenters. The largest absolute Gasteiger partial charge is 0.447 e. The summed E-state index contributed by atoms with van der Waals surface area (Å²) >= 11 is 1.48. The van der Waals surface area contributed by atoms with Crippen LogP contribution in [0.4, 0.5) is 0 Å². The molecule has 164 valence electrons. The van der Waals surface area contributed by atoms with Crippen molar-refractivity contribution < 1.29 is 9.21 Å². The Hall–Kier alpha value is -3.39. The number of carbonyl (C=O) groups excluding carboxylic acids is 1. The van der Waals surface area contributed by atoms with Gasteiger partial charge in [-0.05, 0) is 31.5 Å². The van der Waals surface area contributed by atoms with Crippen LogP contribution in [0.15, 0.2) is 76.5 Å². The molecule has 0 spiro atoms. The number of hydrogen-bond acceptors (Lipinski definition) is 6. The van der Waals surface area contributed by atoms with E-state index in [9.17, 15) is 4.79 Å². The Balaban J connectivity index is 1.55. The minimum atomic E-state index is -0.118. The second kappa shape index (κ2) is 10.3. The number of amides is 1. The van der Waals surface area contributed by atoms with E-state index in [1.807, 2.05) is 62.4 Å². The second-order valence-corrected chi connectivity index (χ2v) is 8.07. The van der Waals surface area contributed by atoms with Gasteiger partial charge in [-0.2, -0.15) is 0 Å². The molecule has 8 heteroatoms. The molecule has 0 saturated heterocycles. The maximum Gasteiger partial charge on any atom is 0.275 e. The summed E-state index contributed by atoms with van der Waals surface area (Å²) in [4.78, 5) is 18.6. The monoisotopic (exact) mass is 447 g/mol. The van der Waals surface area contributed by atoms with Gasteiger partial charge in [-0.25, -0.2) is 4.98 Å². The summed E-state index contributed by atoms with van der Waals surface area (Å²) < 4.78 is 7.62. The van der Waals surface area contributed by atoms with Gasteiger partial charge in [-0.3, -0.25) is 9.36 Å². The molecule has 0 saturated carbocycles. The van der Waals surface area contributed by atoms with Crippen molar-refractivity contribution in [2.75, 3.05) is 13.1 Å². The van der Waals surface area contributed by atoms with Crippen LogP contribution in [0.2, 0.25) is 0 Å². The maximum atomic E-state index is 12.5. The van der Waals surface area contributed by atoms with Crippen molar-refractivity contribution in [3.05, 3.63) is 89.9 Å². The van der Waals surface area contributed by atoms with Gasteiger partial charge in [0.1, 0.15) is 12.1 Å². The van der Waals surface area contributed by atoms with Gasteiger partial charge in [0.05, 0.1) is 5.75 Å². The van der Waals surface area contributed by atoms with E-state index in [-0.39, 0.29) is 5.91 Å². The molecule has 2 aromatic heterocycles. The second-order valence-electron chi connectivity index (χ2n) is 7.12. The van der Waals surface area contributed by atoms with Gasteiger partial charge in [0.25, 0.3) is 5.91 Å². The molecular formula is C24H25N5O2S. The lowest BCUT2D eigenvalue weighted by Gasteiger charge is -2.16. The van der Waals surface area contributed by atoms with Crippen molar-refractivity contribution in [1.29, 1.82) is 0 Å². The Labute approximate surface area is 191 Å². The molecule has 0 fully saturated rings. The smallest absolute Gasteiger partial charge is 0.275 e. The zero-order valence-corrected chi connectivity index (χ0v) is 19.0. The summed E-state index contributed by atoms with van der Waals surface area (Å²) in [7, 11) is 0. The van der Waals surface area contributed by atoms with Crippen LogP contribution in [0.1, 0.15) is 41.6 Å². The lowest BCUT2D eigenvalue weighted by atomic mass is 10.1. The Morgan fingerprint density at radius 1 is 1.00 bits per heavy atom. The van der Waals surface area contributed by atoms with Gasteiger partial charge >= 0.3 is 0 Å². The van der Waals surface area contributed by atoms with Gasteiger partial charge in [0, 0.05) is 25.2 Å². The molecule has 32 heavy (non-hydrogen) atoms. The fourth-order valence-electron chi connectivity index (χ4n) is 3.40. The van der Waals surface area contributed by atoms with E-state index in [0.29, 0.717) is 36.8 Å². The van der Waals surface area contributed by atoms with E-state index in [1.54, 1.807) is 4.90 Å². The first-order valence-corrected chi connectivity index (χ1v) is 11.6. The minimum absolute atomic E-state index is 0.118. The van der Waals surface area contributed by atoms with Crippen LogP contribution in [0, 0.1) is 0 Å². The van der Waals surface area contributed by atoms with Gasteiger partial charge in [-0.15, -0.1) is 10.2 Å². The number of nitrogens with zero attached hydrogens (tertiary/aromatic N) is 5. The van der Waals surface area contributed by atoms with Crippen LogP contribution in [0.25, 0.3) is 5.69 Å². The number of rotatable bonds is 9. The molecule has 2 aromatic carbocycles.